The molecule has 0 fully saturated rings. The van der Waals surface area contributed by atoms with Gasteiger partial charge in [-0.25, -0.2) is 0 Å². The smallest absolute Gasteiger partial charge is 0.271 e. The van der Waals surface area contributed by atoms with Crippen molar-refractivity contribution in [1.82, 2.24) is 19.2 Å². The SMILES string of the molecule is Cc1ccc(C(=O)N2Cc3cc(OCc4ccccc4)nn3C[C@@H]2C)n1C. The van der Waals surface area contributed by atoms with Crippen molar-refractivity contribution in [1.29, 1.82) is 0 Å². The molecular weight excluding hydrogens is 340 g/mol. The van der Waals surface area contributed by atoms with Crippen LogP contribution in [0.2, 0.25) is 0 Å². The molecule has 0 aliphatic carbocycles. The van der Waals surface area contributed by atoms with E-state index in [9.17, 15) is 4.79 Å². The molecule has 1 amide bonds. The first-order valence-electron chi connectivity index (χ1n) is 9.19. The molecule has 1 aliphatic rings. The highest BCUT2D eigenvalue weighted by molar-refractivity contribution is 5.93. The predicted octanol–water partition coefficient (Wildman–Crippen LogP) is 3.15. The maximum absolute atomic E-state index is 13.0. The van der Waals surface area contributed by atoms with Gasteiger partial charge in [-0.2, -0.15) is 0 Å². The molecule has 0 unspecified atom stereocenters. The zero-order valence-electron chi connectivity index (χ0n) is 15.9. The average molecular weight is 364 g/mol. The van der Waals surface area contributed by atoms with Gasteiger partial charge in [-0.3, -0.25) is 9.48 Å². The van der Waals surface area contributed by atoms with E-state index in [0.717, 1.165) is 17.0 Å². The van der Waals surface area contributed by atoms with Crippen molar-refractivity contribution < 1.29 is 9.53 Å². The van der Waals surface area contributed by atoms with E-state index in [1.165, 1.54) is 0 Å². The van der Waals surface area contributed by atoms with Crippen LogP contribution < -0.4 is 4.74 Å². The lowest BCUT2D eigenvalue weighted by atomic mass is 10.2. The first-order valence-corrected chi connectivity index (χ1v) is 9.19. The summed E-state index contributed by atoms with van der Waals surface area (Å²) in [7, 11) is 1.93. The molecule has 0 N–H and O–H groups in total. The Bertz CT molecular complexity index is 958. The molecule has 3 aromatic rings. The highest BCUT2D eigenvalue weighted by Crippen LogP contribution is 2.24. The zero-order valence-corrected chi connectivity index (χ0v) is 15.9. The number of hydrogen-bond acceptors (Lipinski definition) is 3. The Balaban J connectivity index is 1.49. The van der Waals surface area contributed by atoms with Crippen molar-refractivity contribution in [3.05, 3.63) is 71.2 Å². The van der Waals surface area contributed by atoms with E-state index in [1.807, 2.05) is 76.7 Å². The number of aryl methyl sites for hydroxylation is 1. The summed E-state index contributed by atoms with van der Waals surface area (Å²) in [5, 5.41) is 4.56. The van der Waals surface area contributed by atoms with Crippen LogP contribution in [0.25, 0.3) is 0 Å². The normalized spacial score (nSPS) is 16.3. The topological polar surface area (TPSA) is 52.3 Å². The Morgan fingerprint density at radius 1 is 1.22 bits per heavy atom. The Morgan fingerprint density at radius 3 is 2.70 bits per heavy atom. The van der Waals surface area contributed by atoms with E-state index >= 15 is 0 Å². The summed E-state index contributed by atoms with van der Waals surface area (Å²) in [5.74, 6) is 0.655. The molecule has 6 nitrogen and oxygen atoms in total. The first kappa shape index (κ1) is 17.4. The molecule has 4 rings (SSSR count). The number of fused-ring (bicyclic) bond motifs is 1. The summed E-state index contributed by atoms with van der Waals surface area (Å²) in [6, 6.07) is 15.9. The van der Waals surface area contributed by atoms with Crippen LogP contribution in [0.1, 0.15) is 34.4 Å². The van der Waals surface area contributed by atoms with E-state index < -0.39 is 0 Å². The second-order valence-electron chi connectivity index (χ2n) is 7.13. The van der Waals surface area contributed by atoms with Crippen LogP contribution in [-0.4, -0.2) is 31.2 Å². The van der Waals surface area contributed by atoms with E-state index in [1.54, 1.807) is 0 Å². The molecule has 0 bridgehead atoms. The molecule has 1 atom stereocenters. The Labute approximate surface area is 159 Å². The largest absolute Gasteiger partial charge is 0.472 e. The molecule has 0 radical (unpaired) electrons. The molecule has 3 heterocycles. The van der Waals surface area contributed by atoms with Crippen molar-refractivity contribution in [3.63, 3.8) is 0 Å². The number of nitrogens with zero attached hydrogens (tertiary/aromatic N) is 4. The predicted molar refractivity (Wildman–Crippen MR) is 102 cm³/mol. The minimum Gasteiger partial charge on any atom is -0.472 e. The van der Waals surface area contributed by atoms with Gasteiger partial charge < -0.3 is 14.2 Å². The van der Waals surface area contributed by atoms with Crippen LogP contribution in [0.3, 0.4) is 0 Å². The molecule has 27 heavy (non-hydrogen) atoms. The van der Waals surface area contributed by atoms with Crippen LogP contribution >= 0.6 is 0 Å². The lowest BCUT2D eigenvalue weighted by Gasteiger charge is -2.33. The highest BCUT2D eigenvalue weighted by atomic mass is 16.5. The van der Waals surface area contributed by atoms with Gasteiger partial charge >= 0.3 is 0 Å². The Morgan fingerprint density at radius 2 is 2.00 bits per heavy atom. The lowest BCUT2D eigenvalue weighted by Crippen LogP contribution is -2.45. The summed E-state index contributed by atoms with van der Waals surface area (Å²) in [4.78, 5) is 14.9. The van der Waals surface area contributed by atoms with Gasteiger partial charge in [0.05, 0.1) is 18.8 Å². The van der Waals surface area contributed by atoms with Crippen molar-refractivity contribution in [2.75, 3.05) is 0 Å². The molecule has 140 valence electrons. The summed E-state index contributed by atoms with van der Waals surface area (Å²) < 4.78 is 9.73. The summed E-state index contributed by atoms with van der Waals surface area (Å²) in [5.41, 5.74) is 3.89. The first-order chi connectivity index (χ1) is 13.0. The van der Waals surface area contributed by atoms with Gasteiger partial charge in [0.25, 0.3) is 5.91 Å². The second kappa shape index (κ2) is 6.95. The van der Waals surface area contributed by atoms with E-state index in [4.69, 9.17) is 4.74 Å². The molecule has 1 aliphatic heterocycles. The summed E-state index contributed by atoms with van der Waals surface area (Å²) in [6.45, 7) is 5.74. The van der Waals surface area contributed by atoms with Gasteiger partial charge in [-0.1, -0.05) is 30.3 Å². The van der Waals surface area contributed by atoms with Gasteiger partial charge in [0.15, 0.2) is 0 Å². The number of aromatic nitrogens is 3. The molecule has 6 heteroatoms. The number of amides is 1. The third-order valence-corrected chi connectivity index (χ3v) is 5.22. The van der Waals surface area contributed by atoms with Gasteiger partial charge in [0, 0.05) is 24.8 Å². The number of hydrogen-bond donors (Lipinski definition) is 0. The third-order valence-electron chi connectivity index (χ3n) is 5.22. The fourth-order valence-corrected chi connectivity index (χ4v) is 3.44. The second-order valence-corrected chi connectivity index (χ2v) is 7.13. The van der Waals surface area contributed by atoms with Crippen LogP contribution in [-0.2, 0) is 26.7 Å². The number of carbonyl (C=O) groups is 1. The van der Waals surface area contributed by atoms with Gasteiger partial charge in [-0.05, 0) is 31.5 Å². The standard InChI is InChI=1S/C21H24N4O2/c1-15-9-10-19(23(15)3)21(26)24-13-18-11-20(22-25(18)12-16(24)2)27-14-17-7-5-4-6-8-17/h4-11,16H,12-14H2,1-3H3/t16-/m0/s1. The third kappa shape index (κ3) is 3.35. The maximum Gasteiger partial charge on any atom is 0.271 e. The quantitative estimate of drug-likeness (QED) is 0.715. The molecular formula is C21H24N4O2. The van der Waals surface area contributed by atoms with E-state index in [2.05, 4.69) is 12.0 Å². The van der Waals surface area contributed by atoms with Gasteiger partial charge in [-0.15, -0.1) is 5.10 Å². The van der Waals surface area contributed by atoms with Gasteiger partial charge in [0.2, 0.25) is 5.88 Å². The van der Waals surface area contributed by atoms with Crippen molar-refractivity contribution in [2.45, 2.75) is 39.6 Å². The summed E-state index contributed by atoms with van der Waals surface area (Å²) >= 11 is 0. The Kier molecular flexibility index (Phi) is 4.48. The van der Waals surface area contributed by atoms with Crippen molar-refractivity contribution in [2.24, 2.45) is 7.05 Å². The van der Waals surface area contributed by atoms with E-state index in [0.29, 0.717) is 31.3 Å². The molecule has 0 saturated heterocycles. The average Bonchev–Trinajstić information content (AvgIpc) is 3.22. The van der Waals surface area contributed by atoms with Crippen LogP contribution in [0, 0.1) is 6.92 Å². The summed E-state index contributed by atoms with van der Waals surface area (Å²) in [6.07, 6.45) is 0. The van der Waals surface area contributed by atoms with E-state index in [-0.39, 0.29) is 11.9 Å². The molecule has 2 aromatic heterocycles. The van der Waals surface area contributed by atoms with Gasteiger partial charge in [0.1, 0.15) is 12.3 Å². The zero-order chi connectivity index (χ0) is 19.0. The molecule has 0 saturated carbocycles. The van der Waals surface area contributed by atoms with Crippen LogP contribution in [0.4, 0.5) is 0 Å². The van der Waals surface area contributed by atoms with Crippen molar-refractivity contribution >= 4 is 5.91 Å². The molecule has 1 aromatic carbocycles. The lowest BCUT2D eigenvalue weighted by molar-refractivity contribution is 0.0596. The minimum atomic E-state index is 0.0531. The number of benzene rings is 1. The maximum atomic E-state index is 13.0. The fraction of sp³-hybridized carbons (Fsp3) is 0.333. The number of carbonyl (C=O) groups excluding carboxylic acids is 1. The number of rotatable bonds is 4. The van der Waals surface area contributed by atoms with Crippen LogP contribution in [0.15, 0.2) is 48.5 Å². The highest BCUT2D eigenvalue weighted by Gasteiger charge is 2.30. The van der Waals surface area contributed by atoms with Crippen LogP contribution in [0.5, 0.6) is 5.88 Å². The monoisotopic (exact) mass is 364 g/mol. The number of ether oxygens (including phenoxy) is 1. The Hall–Kier alpha value is -3.02. The minimum absolute atomic E-state index is 0.0531. The van der Waals surface area contributed by atoms with Crippen molar-refractivity contribution in [3.8, 4) is 5.88 Å². The fourth-order valence-electron chi connectivity index (χ4n) is 3.44. The molecule has 0 spiro atoms.